The molecule has 9 aromatic rings. The smallest absolute Gasteiger partial charge is 0.128 e. The summed E-state index contributed by atoms with van der Waals surface area (Å²) in [4.78, 5) is 0. The van der Waals surface area contributed by atoms with Crippen LogP contribution in [0.15, 0.2) is 182 Å². The molecule has 0 saturated carbocycles. The van der Waals surface area contributed by atoms with Gasteiger partial charge in [0.25, 0.3) is 0 Å². The van der Waals surface area contributed by atoms with E-state index in [0.717, 1.165) is 11.4 Å². The van der Waals surface area contributed by atoms with E-state index < -0.39 is 0 Å². The Bertz CT molecular complexity index is 2900. The molecule has 2 unspecified atom stereocenters. The molecule has 11 rings (SSSR count). The van der Waals surface area contributed by atoms with E-state index in [2.05, 4.69) is 191 Å². The summed E-state index contributed by atoms with van der Waals surface area (Å²) >= 11 is 0. The molecule has 0 spiro atoms. The second-order valence-electron chi connectivity index (χ2n) is 13.7. The third kappa shape index (κ3) is 4.31. The van der Waals surface area contributed by atoms with Gasteiger partial charge in [0.15, 0.2) is 0 Å². The first-order valence-electron chi connectivity index (χ1n) is 17.7. The van der Waals surface area contributed by atoms with Crippen LogP contribution in [-0.4, -0.2) is 15.2 Å². The first-order chi connectivity index (χ1) is 25.3. The quantitative estimate of drug-likeness (QED) is 0.185. The van der Waals surface area contributed by atoms with Gasteiger partial charge in [0, 0.05) is 44.4 Å². The highest BCUT2D eigenvalue weighted by Gasteiger charge is 2.33. The maximum atomic E-state index is 6.28. The Morgan fingerprint density at radius 1 is 0.431 bits per heavy atom. The lowest BCUT2D eigenvalue weighted by Crippen LogP contribution is -2.18. The summed E-state index contributed by atoms with van der Waals surface area (Å²) in [5.41, 5.74) is 13.3. The summed E-state index contributed by atoms with van der Waals surface area (Å²) in [6, 6.07) is 59.4. The number of nitrogens with zero attached hydrogens (tertiary/aromatic N) is 2. The second kappa shape index (κ2) is 11.0. The summed E-state index contributed by atoms with van der Waals surface area (Å²) in [6.45, 7) is 0. The molecular formula is C48H32N2O. The van der Waals surface area contributed by atoms with Gasteiger partial charge in [0.2, 0.25) is 0 Å². The molecule has 51 heavy (non-hydrogen) atoms. The molecule has 0 fully saturated rings. The van der Waals surface area contributed by atoms with Crippen LogP contribution < -0.4 is 4.74 Å². The molecule has 3 nitrogen and oxygen atoms in total. The number of rotatable bonds is 4. The summed E-state index contributed by atoms with van der Waals surface area (Å²) in [7, 11) is 0. The molecule has 7 aromatic carbocycles. The van der Waals surface area contributed by atoms with Gasteiger partial charge in [-0.25, -0.2) is 0 Å². The summed E-state index contributed by atoms with van der Waals surface area (Å²) in [5, 5.41) is 5.01. The SMILES string of the molecule is C1=CC2Oc3ccccc3C2C=C1n1c2ccccc2c2cc(-c3ccc4c(c3)c3ccccc3n4-c3cccc(-c4ccccc4)c3)ccc21. The lowest BCUT2D eigenvalue weighted by molar-refractivity contribution is 0.269. The van der Waals surface area contributed by atoms with E-state index >= 15 is 0 Å². The predicted octanol–water partition coefficient (Wildman–Crippen LogP) is 12.2. The van der Waals surface area contributed by atoms with Gasteiger partial charge < -0.3 is 13.9 Å². The fourth-order valence-corrected chi connectivity index (χ4v) is 8.50. The lowest BCUT2D eigenvalue weighted by Gasteiger charge is -2.20. The Labute approximate surface area is 295 Å². The Morgan fingerprint density at radius 2 is 1.02 bits per heavy atom. The Hall–Kier alpha value is -6.58. The van der Waals surface area contributed by atoms with Gasteiger partial charge in [0.05, 0.1) is 22.1 Å². The summed E-state index contributed by atoms with van der Waals surface area (Å²) in [6.07, 6.45) is 6.87. The minimum absolute atomic E-state index is 0.0412. The van der Waals surface area contributed by atoms with Gasteiger partial charge >= 0.3 is 0 Å². The molecule has 3 heterocycles. The van der Waals surface area contributed by atoms with Gasteiger partial charge in [-0.15, -0.1) is 0 Å². The average molecular weight is 653 g/mol. The first-order valence-corrected chi connectivity index (χ1v) is 17.7. The largest absolute Gasteiger partial charge is 0.485 e. The number of ether oxygens (including phenoxy) is 1. The molecule has 0 amide bonds. The highest BCUT2D eigenvalue weighted by molar-refractivity contribution is 6.13. The van der Waals surface area contributed by atoms with Crippen LogP contribution in [0.3, 0.4) is 0 Å². The fourth-order valence-electron chi connectivity index (χ4n) is 8.50. The van der Waals surface area contributed by atoms with Crippen molar-refractivity contribution < 1.29 is 4.74 Å². The Morgan fingerprint density at radius 3 is 1.78 bits per heavy atom. The van der Waals surface area contributed by atoms with Gasteiger partial charge in [-0.1, -0.05) is 109 Å². The molecule has 2 aromatic heterocycles. The van der Waals surface area contributed by atoms with Crippen LogP contribution in [0.2, 0.25) is 0 Å². The molecule has 0 saturated heterocycles. The molecule has 1 aliphatic carbocycles. The monoisotopic (exact) mass is 652 g/mol. The van der Waals surface area contributed by atoms with E-state index in [-0.39, 0.29) is 12.0 Å². The highest BCUT2D eigenvalue weighted by Crippen LogP contribution is 2.44. The molecular weight excluding hydrogens is 621 g/mol. The number of para-hydroxylation sites is 3. The minimum atomic E-state index is 0.0412. The van der Waals surface area contributed by atoms with Crippen molar-refractivity contribution in [1.82, 2.24) is 9.13 Å². The van der Waals surface area contributed by atoms with E-state index in [9.17, 15) is 0 Å². The van der Waals surface area contributed by atoms with Crippen molar-refractivity contribution in [2.24, 2.45) is 0 Å². The second-order valence-corrected chi connectivity index (χ2v) is 13.7. The van der Waals surface area contributed by atoms with E-state index in [4.69, 9.17) is 4.74 Å². The number of fused-ring (bicyclic) bond motifs is 9. The van der Waals surface area contributed by atoms with Crippen LogP contribution in [0, 0.1) is 0 Å². The van der Waals surface area contributed by atoms with Gasteiger partial charge in [-0.05, 0) is 95.1 Å². The van der Waals surface area contributed by atoms with Crippen LogP contribution in [0.1, 0.15) is 11.5 Å². The summed E-state index contributed by atoms with van der Waals surface area (Å²) < 4.78 is 11.1. The van der Waals surface area contributed by atoms with Crippen molar-refractivity contribution in [2.45, 2.75) is 12.0 Å². The van der Waals surface area contributed by atoms with E-state index in [1.54, 1.807) is 0 Å². The lowest BCUT2D eigenvalue weighted by atomic mass is 9.91. The molecule has 1 aliphatic heterocycles. The highest BCUT2D eigenvalue weighted by atomic mass is 16.5. The zero-order valence-electron chi connectivity index (χ0n) is 27.8. The maximum absolute atomic E-state index is 6.28. The third-order valence-electron chi connectivity index (χ3n) is 10.9. The maximum Gasteiger partial charge on any atom is 0.128 e. The number of benzene rings is 7. The average Bonchev–Trinajstić information content (AvgIpc) is 3.85. The third-order valence-corrected chi connectivity index (χ3v) is 10.9. The molecule has 240 valence electrons. The molecule has 3 heteroatoms. The number of hydrogen-bond donors (Lipinski definition) is 0. The van der Waals surface area contributed by atoms with Crippen LogP contribution in [0.4, 0.5) is 0 Å². The van der Waals surface area contributed by atoms with Gasteiger partial charge in [-0.3, -0.25) is 0 Å². The standard InChI is InChI=1S/C48H32N2O/c1-2-11-31(12-3-1)32-13-10-14-35(27-32)49-43-18-7-4-15-37(43)40-28-33(21-24-45(40)49)34-22-25-46-41(29-34)38-16-5-8-19-44(38)50(46)36-23-26-48-42(30-36)39-17-6-9-20-47(39)51-48/h1-30,42,48H. The molecule has 2 aliphatic rings. The van der Waals surface area contributed by atoms with Crippen molar-refractivity contribution in [3.05, 3.63) is 188 Å². The zero-order chi connectivity index (χ0) is 33.5. The van der Waals surface area contributed by atoms with Gasteiger partial charge in [-0.2, -0.15) is 0 Å². The van der Waals surface area contributed by atoms with Crippen LogP contribution in [-0.2, 0) is 0 Å². The van der Waals surface area contributed by atoms with Crippen molar-refractivity contribution in [3.8, 4) is 33.7 Å². The van der Waals surface area contributed by atoms with Crippen molar-refractivity contribution in [1.29, 1.82) is 0 Å². The fraction of sp³-hybridized carbons (Fsp3) is 0.0417. The number of hydrogen-bond acceptors (Lipinski definition) is 1. The molecule has 0 bridgehead atoms. The predicted molar refractivity (Wildman–Crippen MR) is 212 cm³/mol. The topological polar surface area (TPSA) is 19.1 Å². The first kappa shape index (κ1) is 28.3. The van der Waals surface area contributed by atoms with Crippen molar-refractivity contribution in [2.75, 3.05) is 0 Å². The Balaban J connectivity index is 1.05. The van der Waals surface area contributed by atoms with Crippen molar-refractivity contribution >= 4 is 49.3 Å². The van der Waals surface area contributed by atoms with E-state index in [1.807, 2.05) is 0 Å². The van der Waals surface area contributed by atoms with E-state index in [0.29, 0.717) is 0 Å². The zero-order valence-corrected chi connectivity index (χ0v) is 27.8. The molecule has 0 radical (unpaired) electrons. The van der Waals surface area contributed by atoms with Crippen molar-refractivity contribution in [3.63, 3.8) is 0 Å². The van der Waals surface area contributed by atoms with Crippen LogP contribution in [0.5, 0.6) is 5.75 Å². The number of aromatic nitrogens is 2. The van der Waals surface area contributed by atoms with Crippen LogP contribution >= 0.6 is 0 Å². The molecule has 2 atom stereocenters. The normalized spacial score (nSPS) is 16.4. The minimum Gasteiger partial charge on any atom is -0.485 e. The summed E-state index contributed by atoms with van der Waals surface area (Å²) in [5.74, 6) is 1.19. The molecule has 0 N–H and O–H groups in total. The van der Waals surface area contributed by atoms with Crippen LogP contribution in [0.25, 0.3) is 77.2 Å². The number of allylic oxidation sites excluding steroid dienone is 2. The Kier molecular flexibility index (Phi) is 6.08. The van der Waals surface area contributed by atoms with Gasteiger partial charge in [0.1, 0.15) is 11.9 Å². The van der Waals surface area contributed by atoms with E-state index in [1.165, 1.54) is 77.1 Å².